The number of benzene rings is 4. The number of carbonyl (C=O) groups excluding carboxylic acids is 4. The van der Waals surface area contributed by atoms with Crippen molar-refractivity contribution in [2.45, 2.75) is 64.1 Å². The number of fused-ring (bicyclic) bond motifs is 2. The average molecular weight is 1310 g/mol. The number of amides is 4. The van der Waals surface area contributed by atoms with E-state index in [4.69, 9.17) is 9.47 Å². The van der Waals surface area contributed by atoms with Crippen LogP contribution in [0, 0.1) is 12.8 Å². The molecule has 4 aliphatic rings. The Morgan fingerprint density at radius 3 is 1.42 bits per heavy atom. The van der Waals surface area contributed by atoms with Crippen LogP contribution in [0.3, 0.4) is 0 Å². The van der Waals surface area contributed by atoms with E-state index < -0.39 is 11.2 Å². The summed E-state index contributed by atoms with van der Waals surface area (Å²) in [6.45, 7) is 11.1. The molecular formula is C71H74N16O6S2. The number of nitrogens with one attached hydrogen (secondary N) is 4. The molecule has 0 bridgehead atoms. The summed E-state index contributed by atoms with van der Waals surface area (Å²) in [5, 5.41) is 25.2. The topological polar surface area (TPSA) is 258 Å². The number of anilines is 2. The fourth-order valence-corrected chi connectivity index (χ4v) is 14.6. The number of aromatic nitrogens is 10. The smallest absolute Gasteiger partial charge is 0.258 e. The van der Waals surface area contributed by atoms with Gasteiger partial charge in [-0.05, 0) is 109 Å². The first-order chi connectivity index (χ1) is 46.2. The number of nitrogens with zero attached hydrogens (tertiary/aromatic N) is 12. The monoisotopic (exact) mass is 1310 g/mol. The van der Waals surface area contributed by atoms with Gasteiger partial charge in [0.2, 0.25) is 11.8 Å². The van der Waals surface area contributed by atoms with Crippen molar-refractivity contribution >= 4 is 90.6 Å². The molecule has 95 heavy (non-hydrogen) atoms. The minimum Gasteiger partial charge on any atom is -0.367 e. The maximum absolute atomic E-state index is 13.7. The molecule has 10 aromatic rings. The number of rotatable bonds is 18. The first-order valence-corrected chi connectivity index (χ1v) is 33.6. The molecular weight excluding hydrogens is 1240 g/mol. The van der Waals surface area contributed by atoms with Gasteiger partial charge in [0, 0.05) is 143 Å². The number of hydrogen-bond donors (Lipinski definition) is 4. The van der Waals surface area contributed by atoms with Crippen molar-refractivity contribution in [3.05, 3.63) is 168 Å². The molecule has 4 aliphatic heterocycles. The fourth-order valence-electron chi connectivity index (χ4n) is 12.7. The summed E-state index contributed by atoms with van der Waals surface area (Å²) in [5.74, 6) is 1.59. The molecule has 14 rings (SSSR count). The van der Waals surface area contributed by atoms with Gasteiger partial charge in [-0.1, -0.05) is 74.5 Å². The zero-order valence-electron chi connectivity index (χ0n) is 53.7. The summed E-state index contributed by atoms with van der Waals surface area (Å²) in [6.07, 6.45) is 18.4. The molecule has 0 saturated carbocycles. The number of likely N-dealkylation sites (tertiary alicyclic amines) is 2. The van der Waals surface area contributed by atoms with Crippen molar-refractivity contribution in [3.63, 3.8) is 0 Å². The highest BCUT2D eigenvalue weighted by molar-refractivity contribution is 7.15. The Morgan fingerprint density at radius 2 is 1.01 bits per heavy atom. The van der Waals surface area contributed by atoms with Crippen LogP contribution in [0.15, 0.2) is 146 Å². The second kappa shape index (κ2) is 28.2. The number of thiazole rings is 2. The van der Waals surface area contributed by atoms with Crippen LogP contribution in [0.4, 0.5) is 11.4 Å². The van der Waals surface area contributed by atoms with Gasteiger partial charge in [-0.15, -0.1) is 22.7 Å². The Balaban J connectivity index is 0.000000172. The van der Waals surface area contributed by atoms with Crippen LogP contribution in [-0.4, -0.2) is 184 Å². The number of carbonyl (C=O) groups is 4. The SMILES string of the molecule is CO[C@@]1(C(=O)Nc2ccc3[nH]nc(-c4cnc(C)s4)c3c2)CCN(CC(=O)N2CC=C(c3ccc(-c4ncccn4)cc3)CC2)C1.CO[C@@]1(C(=O)Nc2ccc3[nH]nc(-c4cnc(CC(C)C)s4)c3c2)CCN(CC(=O)N2CC=C(c3ccc(-c4ncccn4)cc3)CC2)C1. The summed E-state index contributed by atoms with van der Waals surface area (Å²) in [5.41, 5.74) is 9.29. The maximum atomic E-state index is 13.7. The third-order valence-electron chi connectivity index (χ3n) is 18.1. The van der Waals surface area contributed by atoms with Gasteiger partial charge in [0.05, 0.1) is 43.9 Å². The minimum atomic E-state index is -1.05. The van der Waals surface area contributed by atoms with E-state index in [1.165, 1.54) is 11.1 Å². The Kier molecular flexibility index (Phi) is 19.0. The highest BCUT2D eigenvalue weighted by atomic mass is 32.1. The van der Waals surface area contributed by atoms with Crippen LogP contribution < -0.4 is 10.6 Å². The van der Waals surface area contributed by atoms with Crippen LogP contribution in [0.2, 0.25) is 0 Å². The number of aryl methyl sites for hydroxylation is 1. The average Bonchev–Trinajstić information content (AvgIpc) is 1.75. The summed E-state index contributed by atoms with van der Waals surface area (Å²) < 4.78 is 11.7. The quantitative estimate of drug-likeness (QED) is 0.0623. The number of methoxy groups -OCH3 is 2. The van der Waals surface area contributed by atoms with Crippen molar-refractivity contribution in [2.24, 2.45) is 5.92 Å². The van der Waals surface area contributed by atoms with Gasteiger partial charge in [-0.3, -0.25) is 39.2 Å². The number of aromatic amines is 2. The molecule has 2 atom stereocenters. The Bertz CT molecular complexity index is 4470. The lowest BCUT2D eigenvalue weighted by molar-refractivity contribution is -0.138. The largest absolute Gasteiger partial charge is 0.367 e. The van der Waals surface area contributed by atoms with Gasteiger partial charge in [0.1, 0.15) is 11.4 Å². The van der Waals surface area contributed by atoms with E-state index in [0.717, 1.165) is 94.5 Å². The Labute approximate surface area is 558 Å². The summed E-state index contributed by atoms with van der Waals surface area (Å²) in [6, 6.07) is 31.5. The third-order valence-corrected chi connectivity index (χ3v) is 20.0. The molecule has 0 aliphatic carbocycles. The van der Waals surface area contributed by atoms with Crippen molar-refractivity contribution in [1.29, 1.82) is 0 Å². The Hall–Kier alpha value is -9.56. The van der Waals surface area contributed by atoms with Crippen LogP contribution >= 0.6 is 22.7 Å². The normalized spacial score (nSPS) is 18.4. The van der Waals surface area contributed by atoms with Crippen LogP contribution in [0.25, 0.3) is 76.9 Å². The molecule has 0 unspecified atom stereocenters. The molecule has 4 amide bonds. The van der Waals surface area contributed by atoms with E-state index in [9.17, 15) is 19.2 Å². The minimum absolute atomic E-state index is 0.0513. The molecule has 4 aromatic carbocycles. The number of ether oxygens (including phenoxy) is 2. The third kappa shape index (κ3) is 14.3. The van der Waals surface area contributed by atoms with Crippen molar-refractivity contribution in [1.82, 2.24) is 69.9 Å². The molecule has 0 spiro atoms. The van der Waals surface area contributed by atoms with E-state index in [2.05, 4.69) is 111 Å². The van der Waals surface area contributed by atoms with E-state index in [-0.39, 0.29) is 36.7 Å². The first-order valence-electron chi connectivity index (χ1n) is 31.9. The molecule has 2 saturated heterocycles. The highest BCUT2D eigenvalue weighted by Gasteiger charge is 2.47. The van der Waals surface area contributed by atoms with Gasteiger partial charge < -0.3 is 29.9 Å². The van der Waals surface area contributed by atoms with Gasteiger partial charge in [-0.2, -0.15) is 10.2 Å². The number of H-pyrrole nitrogens is 2. The standard InChI is InChI=1S/C37H40N8O3S.C34H34N8O3S/c1-24(2)19-32-40-21-31(49-32)34-29-20-28(9-10-30(29)42-43-34)41-36(47)37(48-3)13-18-44(23-37)22-33(46)45-16-11-26(12-17-45)25-5-7-27(8-6-25)35-38-14-4-15-39-35;1-22-37-19-29(46-22)31-27-18-26(8-9-28(27)39-40-31)38-33(44)34(45-2)12-17-41(21-34)20-30(43)42-15-10-24(11-16-42)23-4-6-25(7-5-23)32-35-13-3-14-36-32/h4-11,14-15,20-21,24H,12-13,16-19,22-23H2,1-3H3,(H,41,47)(H,42,43);3-10,13-14,18-19H,11-12,15-17,20-21H2,1-2H3,(H,38,44)(H,39,40)/t37-;34-/m00/s1. The van der Waals surface area contributed by atoms with Crippen molar-refractivity contribution in [3.8, 4) is 43.9 Å². The van der Waals surface area contributed by atoms with Crippen molar-refractivity contribution in [2.75, 3.05) is 90.3 Å². The van der Waals surface area contributed by atoms with Crippen LogP contribution in [-0.2, 0) is 35.1 Å². The molecule has 22 nitrogen and oxygen atoms in total. The fraction of sp³-hybridized carbons (Fsp3) is 0.324. The summed E-state index contributed by atoms with van der Waals surface area (Å²) in [4.78, 5) is 89.9. The lowest BCUT2D eigenvalue weighted by Crippen LogP contribution is -2.48. The van der Waals surface area contributed by atoms with E-state index >= 15 is 0 Å². The number of hydrogen-bond acceptors (Lipinski definition) is 18. The molecule has 2 fully saturated rings. The maximum Gasteiger partial charge on any atom is 0.258 e. The lowest BCUT2D eigenvalue weighted by atomic mass is 9.98. The Morgan fingerprint density at radius 1 is 0.568 bits per heavy atom. The van der Waals surface area contributed by atoms with Gasteiger partial charge >= 0.3 is 0 Å². The zero-order chi connectivity index (χ0) is 65.6. The van der Waals surface area contributed by atoms with E-state index in [1.54, 1.807) is 73.8 Å². The molecule has 4 N–H and O–H groups in total. The van der Waals surface area contributed by atoms with Gasteiger partial charge in [0.25, 0.3) is 11.8 Å². The summed E-state index contributed by atoms with van der Waals surface area (Å²) in [7, 11) is 3.13. The van der Waals surface area contributed by atoms with E-state index in [0.29, 0.717) is 94.1 Å². The predicted octanol–water partition coefficient (Wildman–Crippen LogP) is 10.5. The summed E-state index contributed by atoms with van der Waals surface area (Å²) >= 11 is 3.22. The zero-order valence-corrected chi connectivity index (χ0v) is 55.3. The lowest BCUT2D eigenvalue weighted by Gasteiger charge is -2.30. The predicted molar refractivity (Wildman–Crippen MR) is 370 cm³/mol. The molecule has 10 heterocycles. The molecule has 24 heteroatoms. The van der Waals surface area contributed by atoms with Crippen molar-refractivity contribution < 1.29 is 28.7 Å². The molecule has 6 aromatic heterocycles. The molecule has 486 valence electrons. The second-order valence-corrected chi connectivity index (χ2v) is 27.1. The second-order valence-electron chi connectivity index (χ2n) is 24.8. The highest BCUT2D eigenvalue weighted by Crippen LogP contribution is 2.37. The van der Waals surface area contributed by atoms with Crippen LogP contribution in [0.1, 0.15) is 60.7 Å². The van der Waals surface area contributed by atoms with E-state index in [1.807, 2.05) is 99.6 Å². The first kappa shape index (κ1) is 64.2. The van der Waals surface area contributed by atoms with Crippen LogP contribution in [0.5, 0.6) is 0 Å². The van der Waals surface area contributed by atoms with Gasteiger partial charge in [-0.25, -0.2) is 29.9 Å². The molecule has 0 radical (unpaired) electrons. The van der Waals surface area contributed by atoms with Gasteiger partial charge in [0.15, 0.2) is 22.9 Å².